The topological polar surface area (TPSA) is 204 Å². The summed E-state index contributed by atoms with van der Waals surface area (Å²) in [5.74, 6) is -11.1. The van der Waals surface area contributed by atoms with Gasteiger partial charge in [0.05, 0.1) is 0 Å². The summed E-state index contributed by atoms with van der Waals surface area (Å²) in [6.07, 6.45) is 11.4. The molecular weight excluding hydrogens is 651 g/mol. The van der Waals surface area contributed by atoms with Crippen LogP contribution in [0.4, 0.5) is 0 Å². The molecule has 0 spiro atoms. The Bertz CT molecular complexity index is 1480. The average Bonchev–Trinajstić information content (AvgIpc) is 3.91. The first-order chi connectivity index (χ1) is 22.9. The van der Waals surface area contributed by atoms with Crippen molar-refractivity contribution >= 4 is 55.2 Å². The fourth-order valence-electron chi connectivity index (χ4n) is 9.39. The van der Waals surface area contributed by atoms with Crippen LogP contribution in [-0.4, -0.2) is 89.5 Å². The minimum atomic E-state index is -6.13. The number of nitrogens with one attached hydrogen (secondary N) is 2. The molecule has 17 heteroatoms. The minimum absolute atomic E-state index is 0.130. The number of imide groups is 2. The van der Waals surface area contributed by atoms with Crippen LogP contribution in [0.15, 0.2) is 24.3 Å². The number of amides is 4. The van der Waals surface area contributed by atoms with Crippen molar-refractivity contribution in [1.82, 2.24) is 20.2 Å². The van der Waals surface area contributed by atoms with Gasteiger partial charge in [0.25, 0.3) is 0 Å². The summed E-state index contributed by atoms with van der Waals surface area (Å²) in [5.41, 5.74) is 0. The summed E-state index contributed by atoms with van der Waals surface area (Å²) < 4.78 is 22.0. The maximum atomic E-state index is 13.7. The molecule has 3 aliphatic heterocycles. The third kappa shape index (κ3) is 4.52. The van der Waals surface area contributed by atoms with Crippen LogP contribution in [0.3, 0.4) is 0 Å². The number of hydrogen-bond acceptors (Lipinski definition) is 14. The summed E-state index contributed by atoms with van der Waals surface area (Å²) in [6, 6.07) is -1.07. The predicted molar refractivity (Wildman–Crippen MR) is 158 cm³/mol. The van der Waals surface area contributed by atoms with Crippen LogP contribution < -0.4 is 10.4 Å². The number of allylic oxidation sites excluding steroid dienone is 4. The van der Waals surface area contributed by atoms with E-state index in [4.69, 9.17) is 18.1 Å². The summed E-state index contributed by atoms with van der Waals surface area (Å²) >= 11 is 0. The first kappa shape index (κ1) is 31.3. The van der Waals surface area contributed by atoms with Crippen molar-refractivity contribution in [3.05, 3.63) is 24.3 Å². The van der Waals surface area contributed by atoms with Crippen molar-refractivity contribution in [2.24, 2.45) is 47.3 Å². The van der Waals surface area contributed by atoms with E-state index in [1.54, 1.807) is 7.05 Å². The number of likely N-dealkylation sites (N-methyl/N-ethyl adjacent to an activating group) is 1. The van der Waals surface area contributed by atoms with Gasteiger partial charge in [0.15, 0.2) is 0 Å². The predicted octanol–water partition coefficient (Wildman–Crippen LogP) is 0.0355. The van der Waals surface area contributed by atoms with Gasteiger partial charge in [-0.3, -0.25) is 0 Å². The van der Waals surface area contributed by atoms with Gasteiger partial charge in [0.2, 0.25) is 0 Å². The molecule has 8 rings (SSSR count). The van der Waals surface area contributed by atoms with Gasteiger partial charge in [-0.25, -0.2) is 0 Å². The zero-order valence-corrected chi connectivity index (χ0v) is 26.9. The maximum absolute atomic E-state index is 13.7. The van der Waals surface area contributed by atoms with Crippen LogP contribution in [0.1, 0.15) is 38.5 Å². The molecule has 2 N–H and O–H groups in total. The second kappa shape index (κ2) is 10.7. The first-order valence-electron chi connectivity index (χ1n) is 16.4. The molecule has 0 radical (unpaired) electrons. The van der Waals surface area contributed by atoms with Crippen LogP contribution in [0.25, 0.3) is 0 Å². The first-order valence-corrected chi connectivity index (χ1v) is 18.3. The monoisotopic (exact) mass is 686 g/mol. The van der Waals surface area contributed by atoms with Gasteiger partial charge in [-0.05, 0) is 0 Å². The number of nitrogens with zero attached hydrogens (tertiary/aromatic N) is 2. The number of hydrogen-bond donors (Lipinski definition) is 2. The molecule has 3 saturated heterocycles. The summed E-state index contributed by atoms with van der Waals surface area (Å²) in [5, 5.41) is 5.89. The number of likely N-dealkylation sites (tertiary alicyclic amines) is 2. The van der Waals surface area contributed by atoms with Crippen molar-refractivity contribution in [2.75, 3.05) is 20.1 Å². The second-order valence-electron chi connectivity index (χ2n) is 13.9. The summed E-state index contributed by atoms with van der Waals surface area (Å²) in [7, 11) is -4.46. The van der Waals surface area contributed by atoms with E-state index in [9.17, 15) is 38.4 Å². The molecule has 0 aromatic heterocycles. The van der Waals surface area contributed by atoms with Gasteiger partial charge in [0, 0.05) is 0 Å². The van der Waals surface area contributed by atoms with Gasteiger partial charge in [-0.2, -0.15) is 0 Å². The van der Waals surface area contributed by atoms with E-state index >= 15 is 0 Å². The van der Waals surface area contributed by atoms with E-state index in [-0.39, 0.29) is 29.7 Å². The molecular formula is C31H35N4O12P. The molecule has 4 bridgehead atoms. The molecule has 3 saturated carbocycles. The van der Waals surface area contributed by atoms with Gasteiger partial charge >= 0.3 is 274 Å². The Balaban J connectivity index is 1.08. The Morgan fingerprint density at radius 1 is 0.688 bits per heavy atom. The Labute approximate surface area is 274 Å². The summed E-state index contributed by atoms with van der Waals surface area (Å²) in [6.45, 7) is -1.86. The van der Waals surface area contributed by atoms with Crippen LogP contribution in [-0.2, 0) is 56.5 Å². The molecule has 9 unspecified atom stereocenters. The summed E-state index contributed by atoms with van der Waals surface area (Å²) in [4.78, 5) is 108. The van der Waals surface area contributed by atoms with Gasteiger partial charge in [-0.1, -0.05) is 0 Å². The van der Waals surface area contributed by atoms with Crippen molar-refractivity contribution in [3.63, 3.8) is 0 Å². The van der Waals surface area contributed by atoms with Crippen LogP contribution in [0.5, 0.6) is 0 Å². The normalized spacial score (nSPS) is 40.1. The Kier molecular flexibility index (Phi) is 7.00. The second-order valence-corrected chi connectivity index (χ2v) is 16.5. The Morgan fingerprint density at radius 2 is 1.06 bits per heavy atom. The standard InChI is InChI=1S/C31H35N4O12P/c1-32-18-4-2-3-5-19(18)33-48(46-30(42)31(43)47-48,44-20(36)12-34-26(38)22-14-6-7-15(10-14)23(22)27(34)39)45-21(37)13-35-28(40)24-16-8-9-17(11-16)25(24)29(35)41/h6-9,14-19,22-25,32-33H,2-5,10-13H2,1H3/t14-,15?,16?,17?,18?,19?,22?,23?,24?,25?/m1/s1. The van der Waals surface area contributed by atoms with Crippen LogP contribution >= 0.6 is 7.66 Å². The molecule has 3 heterocycles. The Hall–Kier alpha value is -4.01. The van der Waals surface area contributed by atoms with E-state index in [0.29, 0.717) is 32.1 Å². The molecule has 10 atom stereocenters. The molecule has 256 valence electrons. The number of carbonyl (C=O) groups excluding carboxylic acids is 8. The van der Waals surface area contributed by atoms with E-state index < -0.39 is 98.0 Å². The van der Waals surface area contributed by atoms with E-state index in [1.807, 2.05) is 24.3 Å². The number of rotatable bonds is 9. The third-order valence-corrected chi connectivity index (χ3v) is 14.1. The molecule has 5 aliphatic carbocycles. The zero-order valence-electron chi connectivity index (χ0n) is 26.0. The van der Waals surface area contributed by atoms with Crippen molar-refractivity contribution in [2.45, 2.75) is 50.6 Å². The molecule has 0 aromatic carbocycles. The van der Waals surface area contributed by atoms with Gasteiger partial charge in [0.1, 0.15) is 0 Å². The van der Waals surface area contributed by atoms with Crippen molar-refractivity contribution < 1.29 is 56.5 Å². The van der Waals surface area contributed by atoms with E-state index in [0.717, 1.165) is 16.2 Å². The van der Waals surface area contributed by atoms with Gasteiger partial charge in [-0.15, -0.1) is 0 Å². The molecule has 0 aromatic rings. The fourth-order valence-corrected chi connectivity index (χ4v) is 12.2. The molecule has 6 fully saturated rings. The molecule has 4 amide bonds. The molecule has 8 aliphatic rings. The Morgan fingerprint density at radius 3 is 1.44 bits per heavy atom. The number of carbonyl (C=O) groups is 8. The molecule has 16 nitrogen and oxygen atoms in total. The van der Waals surface area contributed by atoms with Crippen LogP contribution in [0, 0.1) is 47.3 Å². The SMILES string of the molecule is CNC1CCCCC1NP1(OC(=O)CN2C(=O)C3C4C=CC(C4)C3C2=O)(OC(=O)CN2C(=O)C3C4C=C[C@H](C4)C3C2=O)OC(=O)C(=O)O1. The third-order valence-electron chi connectivity index (χ3n) is 11.4. The van der Waals surface area contributed by atoms with E-state index in [1.165, 1.54) is 0 Å². The number of fused-ring (bicyclic) bond motifs is 10. The molecule has 48 heavy (non-hydrogen) atoms. The quantitative estimate of drug-likeness (QED) is 0.142. The zero-order chi connectivity index (χ0) is 33.7. The average molecular weight is 687 g/mol. The van der Waals surface area contributed by atoms with Crippen molar-refractivity contribution in [3.8, 4) is 0 Å². The van der Waals surface area contributed by atoms with E-state index in [2.05, 4.69) is 10.4 Å². The van der Waals surface area contributed by atoms with Crippen LogP contribution in [0.2, 0.25) is 0 Å². The fraction of sp³-hybridized carbons (Fsp3) is 0.613. The van der Waals surface area contributed by atoms with Gasteiger partial charge < -0.3 is 0 Å². The van der Waals surface area contributed by atoms with Crippen molar-refractivity contribution in [1.29, 1.82) is 0 Å².